The Hall–Kier alpha value is -0.630. The molecular weight excluding hydrogens is 200 g/mol. The maximum atomic E-state index is 8.82. The zero-order valence-electron chi connectivity index (χ0n) is 11.2. The number of nitriles is 1. The monoisotopic (exact) mass is 226 g/mol. The Bertz CT molecular complexity index is 198. The molecule has 0 fully saturated rings. The van der Waals surface area contributed by atoms with Gasteiger partial charge in [-0.05, 0) is 53.6 Å². The highest BCUT2D eigenvalue weighted by molar-refractivity contribution is 4.88. The Morgan fingerprint density at radius 3 is 2.38 bits per heavy atom. The first kappa shape index (κ1) is 15.4. The maximum Gasteiger partial charge on any atom is 0.0962 e. The summed E-state index contributed by atoms with van der Waals surface area (Å²) in [5.74, 6) is 0. The molecule has 1 atom stereocenters. The summed E-state index contributed by atoms with van der Waals surface area (Å²) < 4.78 is 0. The molecule has 0 aliphatic heterocycles. The Labute approximate surface area is 100 Å². The third-order valence-corrected chi connectivity index (χ3v) is 2.77. The molecule has 0 aromatic rings. The summed E-state index contributed by atoms with van der Waals surface area (Å²) >= 11 is 0. The fourth-order valence-electron chi connectivity index (χ4n) is 1.62. The normalized spacial score (nSPS) is 13.1. The molecule has 0 bridgehead atoms. The van der Waals surface area contributed by atoms with Crippen molar-refractivity contribution < 1.29 is 0 Å². The van der Waals surface area contributed by atoms with Gasteiger partial charge in [-0.1, -0.05) is 6.92 Å². The summed E-state index contributed by atoms with van der Waals surface area (Å²) in [6.45, 7) is 6.50. The lowest BCUT2D eigenvalue weighted by Gasteiger charge is -2.22. The fourth-order valence-corrected chi connectivity index (χ4v) is 1.62. The van der Waals surface area contributed by atoms with Gasteiger partial charge in [-0.2, -0.15) is 5.26 Å². The van der Waals surface area contributed by atoms with E-state index in [1.165, 1.54) is 6.42 Å². The van der Waals surface area contributed by atoms with E-state index in [2.05, 4.69) is 42.2 Å². The molecule has 94 valence electrons. The fraction of sp³-hybridized carbons (Fsp3) is 0.917. The standard InChI is InChI=1S/C12H26N4/c1-5-16(9-6-8-15(3)4)10-7-12(11-13)14-2/h12,14H,5-10H2,1-4H3. The molecule has 0 aliphatic rings. The number of rotatable bonds is 9. The van der Waals surface area contributed by atoms with Gasteiger partial charge in [-0.15, -0.1) is 0 Å². The smallest absolute Gasteiger partial charge is 0.0962 e. The van der Waals surface area contributed by atoms with Gasteiger partial charge in [0, 0.05) is 6.54 Å². The highest BCUT2D eigenvalue weighted by Crippen LogP contribution is 1.97. The van der Waals surface area contributed by atoms with Crippen molar-refractivity contribution >= 4 is 0 Å². The zero-order chi connectivity index (χ0) is 12.4. The molecule has 0 saturated heterocycles. The molecule has 4 nitrogen and oxygen atoms in total. The summed E-state index contributed by atoms with van der Waals surface area (Å²) in [4.78, 5) is 4.62. The van der Waals surface area contributed by atoms with Crippen molar-refractivity contribution in [3.05, 3.63) is 0 Å². The van der Waals surface area contributed by atoms with Crippen molar-refractivity contribution in [2.45, 2.75) is 25.8 Å². The average molecular weight is 226 g/mol. The van der Waals surface area contributed by atoms with Crippen molar-refractivity contribution in [3.8, 4) is 6.07 Å². The van der Waals surface area contributed by atoms with E-state index in [9.17, 15) is 0 Å². The number of nitrogens with one attached hydrogen (secondary N) is 1. The molecule has 0 saturated carbocycles. The minimum atomic E-state index is -0.0112. The van der Waals surface area contributed by atoms with Crippen LogP contribution in [0.3, 0.4) is 0 Å². The Kier molecular flexibility index (Phi) is 9.21. The van der Waals surface area contributed by atoms with Crippen LogP contribution >= 0.6 is 0 Å². The lowest BCUT2D eigenvalue weighted by molar-refractivity contribution is 0.258. The molecule has 0 rings (SSSR count). The van der Waals surface area contributed by atoms with Gasteiger partial charge in [-0.3, -0.25) is 0 Å². The average Bonchev–Trinajstić information content (AvgIpc) is 2.27. The van der Waals surface area contributed by atoms with Crippen LogP contribution in [-0.2, 0) is 0 Å². The first-order valence-electron chi connectivity index (χ1n) is 6.08. The van der Waals surface area contributed by atoms with Gasteiger partial charge in [0.15, 0.2) is 0 Å². The van der Waals surface area contributed by atoms with Crippen LogP contribution in [0.15, 0.2) is 0 Å². The second-order valence-electron chi connectivity index (χ2n) is 4.35. The van der Waals surface area contributed by atoms with E-state index in [0.717, 1.165) is 32.6 Å². The van der Waals surface area contributed by atoms with Gasteiger partial charge >= 0.3 is 0 Å². The molecular formula is C12H26N4. The third kappa shape index (κ3) is 7.63. The minimum absolute atomic E-state index is 0.0112. The molecule has 0 aromatic heterocycles. The first-order chi connectivity index (χ1) is 7.63. The molecule has 0 heterocycles. The van der Waals surface area contributed by atoms with Gasteiger partial charge in [-0.25, -0.2) is 0 Å². The predicted molar refractivity (Wildman–Crippen MR) is 68.4 cm³/mol. The molecule has 0 radical (unpaired) electrons. The van der Waals surface area contributed by atoms with Crippen molar-refractivity contribution in [3.63, 3.8) is 0 Å². The molecule has 0 aliphatic carbocycles. The minimum Gasteiger partial charge on any atom is -0.309 e. The molecule has 1 N–H and O–H groups in total. The summed E-state index contributed by atoms with van der Waals surface area (Å²) in [5.41, 5.74) is 0. The topological polar surface area (TPSA) is 42.3 Å². The maximum absolute atomic E-state index is 8.82. The summed E-state index contributed by atoms with van der Waals surface area (Å²) in [7, 11) is 6.04. The van der Waals surface area contributed by atoms with E-state index in [1.54, 1.807) is 0 Å². The van der Waals surface area contributed by atoms with Gasteiger partial charge in [0.2, 0.25) is 0 Å². The highest BCUT2D eigenvalue weighted by Gasteiger charge is 2.07. The molecule has 1 unspecified atom stereocenters. The summed E-state index contributed by atoms with van der Waals surface area (Å²) in [6, 6.07) is 2.25. The van der Waals surface area contributed by atoms with Crippen molar-refractivity contribution in [1.29, 1.82) is 5.26 Å². The molecule has 4 heteroatoms. The van der Waals surface area contributed by atoms with Crippen LogP contribution in [0.4, 0.5) is 0 Å². The van der Waals surface area contributed by atoms with Crippen LogP contribution < -0.4 is 5.32 Å². The van der Waals surface area contributed by atoms with Gasteiger partial charge in [0.1, 0.15) is 0 Å². The second kappa shape index (κ2) is 9.59. The van der Waals surface area contributed by atoms with Crippen LogP contribution in [0.5, 0.6) is 0 Å². The van der Waals surface area contributed by atoms with Crippen LogP contribution in [0, 0.1) is 11.3 Å². The Balaban J connectivity index is 3.70. The predicted octanol–water partition coefficient (Wildman–Crippen LogP) is 0.762. The summed E-state index contributed by atoms with van der Waals surface area (Å²) in [6.07, 6.45) is 2.10. The third-order valence-electron chi connectivity index (χ3n) is 2.77. The van der Waals surface area contributed by atoms with Crippen molar-refractivity contribution in [1.82, 2.24) is 15.1 Å². The Morgan fingerprint density at radius 2 is 1.94 bits per heavy atom. The molecule has 0 amide bonds. The first-order valence-corrected chi connectivity index (χ1v) is 6.08. The summed E-state index contributed by atoms with van der Waals surface area (Å²) in [5, 5.41) is 11.8. The van der Waals surface area contributed by atoms with Crippen LogP contribution in [0.2, 0.25) is 0 Å². The van der Waals surface area contributed by atoms with E-state index in [1.807, 2.05) is 7.05 Å². The zero-order valence-corrected chi connectivity index (χ0v) is 11.2. The molecule has 16 heavy (non-hydrogen) atoms. The van der Waals surface area contributed by atoms with E-state index in [4.69, 9.17) is 5.26 Å². The van der Waals surface area contributed by atoms with Gasteiger partial charge in [0.05, 0.1) is 12.1 Å². The van der Waals surface area contributed by atoms with E-state index >= 15 is 0 Å². The molecule has 0 aromatic carbocycles. The SMILES string of the molecule is CCN(CCCN(C)C)CCC(C#N)NC. The number of nitrogens with zero attached hydrogens (tertiary/aromatic N) is 3. The van der Waals surface area contributed by atoms with Gasteiger partial charge < -0.3 is 15.1 Å². The van der Waals surface area contributed by atoms with Crippen LogP contribution in [0.1, 0.15) is 19.8 Å². The van der Waals surface area contributed by atoms with Crippen LogP contribution in [0.25, 0.3) is 0 Å². The lowest BCUT2D eigenvalue weighted by atomic mass is 10.2. The number of hydrogen-bond donors (Lipinski definition) is 1. The van der Waals surface area contributed by atoms with E-state index in [0.29, 0.717) is 0 Å². The highest BCUT2D eigenvalue weighted by atomic mass is 15.1. The van der Waals surface area contributed by atoms with Crippen LogP contribution in [-0.4, -0.2) is 63.2 Å². The molecule has 0 spiro atoms. The van der Waals surface area contributed by atoms with Crippen molar-refractivity contribution in [2.75, 3.05) is 47.3 Å². The second-order valence-corrected chi connectivity index (χ2v) is 4.35. The van der Waals surface area contributed by atoms with Gasteiger partial charge in [0.25, 0.3) is 0 Å². The quantitative estimate of drug-likeness (QED) is 0.630. The van der Waals surface area contributed by atoms with Crippen molar-refractivity contribution in [2.24, 2.45) is 0 Å². The van der Waals surface area contributed by atoms with E-state index in [-0.39, 0.29) is 6.04 Å². The Morgan fingerprint density at radius 1 is 1.25 bits per heavy atom. The number of hydrogen-bond acceptors (Lipinski definition) is 4. The lowest BCUT2D eigenvalue weighted by Crippen LogP contribution is -2.33. The van der Waals surface area contributed by atoms with E-state index < -0.39 is 0 Å². The largest absolute Gasteiger partial charge is 0.309 e.